The van der Waals surface area contributed by atoms with Gasteiger partial charge in [-0.1, -0.05) is 0 Å². The number of anilines is 2. The van der Waals surface area contributed by atoms with Crippen molar-refractivity contribution in [3.63, 3.8) is 0 Å². The first-order valence-electron chi connectivity index (χ1n) is 9.80. The lowest BCUT2D eigenvalue weighted by atomic mass is 10.2. The van der Waals surface area contributed by atoms with Gasteiger partial charge in [-0.15, -0.1) is 0 Å². The van der Waals surface area contributed by atoms with Crippen molar-refractivity contribution >= 4 is 28.3 Å². The van der Waals surface area contributed by atoms with E-state index in [0.29, 0.717) is 5.69 Å². The number of aromatic nitrogens is 2. The van der Waals surface area contributed by atoms with Crippen LogP contribution < -0.4 is 15.0 Å². The first-order chi connectivity index (χ1) is 14.8. The topological polar surface area (TPSA) is 73.5 Å². The fourth-order valence-corrected chi connectivity index (χ4v) is 3.58. The highest BCUT2D eigenvalue weighted by Crippen LogP contribution is 2.29. The van der Waals surface area contributed by atoms with Gasteiger partial charge in [-0.3, -0.25) is 9.69 Å². The van der Waals surface area contributed by atoms with Gasteiger partial charge in [0, 0.05) is 37.6 Å². The summed E-state index contributed by atoms with van der Waals surface area (Å²) >= 11 is 0. The second-order valence-corrected chi connectivity index (χ2v) is 7.32. The van der Waals surface area contributed by atoms with E-state index in [2.05, 4.69) is 20.2 Å². The number of methoxy groups -OCH3 is 1. The third-order valence-electron chi connectivity index (χ3n) is 5.21. The molecule has 0 radical (unpaired) electrons. The summed E-state index contributed by atoms with van der Waals surface area (Å²) < 4.78 is 43.5. The minimum Gasteiger partial charge on any atom is -0.497 e. The van der Waals surface area contributed by atoms with E-state index in [1.165, 1.54) is 12.1 Å². The Morgan fingerprint density at radius 3 is 2.48 bits per heavy atom. The van der Waals surface area contributed by atoms with Crippen molar-refractivity contribution in [3.05, 3.63) is 48.3 Å². The number of piperazine rings is 1. The van der Waals surface area contributed by atoms with Gasteiger partial charge in [-0.05, 0) is 42.5 Å². The second kappa shape index (κ2) is 8.46. The molecule has 1 aliphatic heterocycles. The summed E-state index contributed by atoms with van der Waals surface area (Å²) in [4.78, 5) is 22.5. The van der Waals surface area contributed by atoms with Crippen LogP contribution in [0.3, 0.4) is 0 Å². The average molecular weight is 433 g/mol. The van der Waals surface area contributed by atoms with Gasteiger partial charge >= 0.3 is 6.18 Å². The van der Waals surface area contributed by atoms with Gasteiger partial charge in [0.05, 0.1) is 24.7 Å². The third kappa shape index (κ3) is 4.91. The minimum absolute atomic E-state index is 0.194. The van der Waals surface area contributed by atoms with Crippen molar-refractivity contribution in [2.45, 2.75) is 6.18 Å². The molecule has 1 aliphatic rings. The molecule has 7 nitrogen and oxygen atoms in total. The molecule has 2 N–H and O–H groups in total. The number of halogens is 3. The zero-order valence-electron chi connectivity index (χ0n) is 16.9. The molecule has 2 heterocycles. The first kappa shape index (κ1) is 21.0. The fourth-order valence-electron chi connectivity index (χ4n) is 3.58. The molecule has 0 spiro atoms. The highest BCUT2D eigenvalue weighted by molar-refractivity contribution is 5.94. The monoisotopic (exact) mass is 433 g/mol. The van der Waals surface area contributed by atoms with E-state index < -0.39 is 12.0 Å². The van der Waals surface area contributed by atoms with Crippen LogP contribution in [0, 0.1) is 0 Å². The summed E-state index contributed by atoms with van der Waals surface area (Å²) in [5.74, 6) is -0.462. The van der Waals surface area contributed by atoms with Crippen LogP contribution in [0.5, 0.6) is 5.75 Å². The number of amides is 1. The summed E-state index contributed by atoms with van der Waals surface area (Å²) in [6.07, 6.45) is -4.55. The van der Waals surface area contributed by atoms with Gasteiger partial charge in [0.1, 0.15) is 5.75 Å². The van der Waals surface area contributed by atoms with E-state index in [1.807, 2.05) is 29.2 Å². The van der Waals surface area contributed by atoms with Gasteiger partial charge in [0.15, 0.2) is 0 Å². The molecule has 1 fully saturated rings. The SMILES string of the molecule is COc1ccc(N2CCN(CC(=O)Nc3ccc4nc(C(F)(F)F)[nH]c4c3)CC2)cc1. The Morgan fingerprint density at radius 1 is 1.13 bits per heavy atom. The Morgan fingerprint density at radius 2 is 1.84 bits per heavy atom. The highest BCUT2D eigenvalue weighted by Gasteiger charge is 2.34. The minimum atomic E-state index is -4.55. The lowest BCUT2D eigenvalue weighted by Crippen LogP contribution is -2.48. The maximum Gasteiger partial charge on any atom is 0.449 e. The molecule has 4 rings (SSSR count). The van der Waals surface area contributed by atoms with Crippen molar-refractivity contribution in [1.82, 2.24) is 14.9 Å². The number of fused-ring (bicyclic) bond motifs is 1. The predicted molar refractivity (Wildman–Crippen MR) is 111 cm³/mol. The maximum absolute atomic E-state index is 12.8. The maximum atomic E-state index is 12.8. The number of imidazole rings is 1. The number of benzene rings is 2. The molecule has 10 heteroatoms. The Labute approximate surface area is 176 Å². The second-order valence-electron chi connectivity index (χ2n) is 7.32. The number of aromatic amines is 1. The van der Waals surface area contributed by atoms with Crippen LogP contribution >= 0.6 is 0 Å². The Hall–Kier alpha value is -3.27. The summed E-state index contributed by atoms with van der Waals surface area (Å²) in [7, 11) is 1.63. The van der Waals surface area contributed by atoms with Gasteiger partial charge in [-0.25, -0.2) is 4.98 Å². The first-order valence-corrected chi connectivity index (χ1v) is 9.80. The summed E-state index contributed by atoms with van der Waals surface area (Å²) in [5.41, 5.74) is 1.95. The van der Waals surface area contributed by atoms with Gasteiger partial charge in [0.2, 0.25) is 11.7 Å². The summed E-state index contributed by atoms with van der Waals surface area (Å²) in [5, 5.41) is 2.75. The number of nitrogens with zero attached hydrogens (tertiary/aromatic N) is 3. The normalized spacial score (nSPS) is 15.3. The van der Waals surface area contributed by atoms with Crippen LogP contribution in [0.1, 0.15) is 5.82 Å². The number of rotatable bonds is 5. The molecule has 1 amide bonds. The van der Waals surface area contributed by atoms with E-state index in [9.17, 15) is 18.0 Å². The zero-order chi connectivity index (χ0) is 22.0. The molecule has 0 atom stereocenters. The van der Waals surface area contributed by atoms with Crippen LogP contribution in [0.4, 0.5) is 24.5 Å². The molecule has 0 unspecified atom stereocenters. The van der Waals surface area contributed by atoms with E-state index >= 15 is 0 Å². The average Bonchev–Trinajstić information content (AvgIpc) is 3.18. The largest absolute Gasteiger partial charge is 0.497 e. The molecule has 0 aliphatic carbocycles. The number of alkyl halides is 3. The van der Waals surface area contributed by atoms with E-state index in [4.69, 9.17) is 4.74 Å². The van der Waals surface area contributed by atoms with Gasteiger partial charge < -0.3 is 19.9 Å². The quantitative estimate of drug-likeness (QED) is 0.646. The van der Waals surface area contributed by atoms with Crippen LogP contribution in [0.25, 0.3) is 11.0 Å². The molecule has 31 heavy (non-hydrogen) atoms. The zero-order valence-corrected chi connectivity index (χ0v) is 16.9. The number of carbonyl (C=O) groups excluding carboxylic acids is 1. The number of hydrogen-bond acceptors (Lipinski definition) is 5. The summed E-state index contributed by atoms with van der Waals surface area (Å²) in [6.45, 7) is 3.26. The highest BCUT2D eigenvalue weighted by atomic mass is 19.4. The molecular formula is C21H22F3N5O2. The number of nitrogens with one attached hydrogen (secondary N) is 2. The number of H-pyrrole nitrogens is 1. The number of hydrogen-bond donors (Lipinski definition) is 2. The molecular weight excluding hydrogens is 411 g/mol. The molecule has 1 aromatic heterocycles. The Kier molecular flexibility index (Phi) is 5.73. The molecule has 1 saturated heterocycles. The van der Waals surface area contributed by atoms with Gasteiger partial charge in [-0.2, -0.15) is 13.2 Å². The van der Waals surface area contributed by atoms with Crippen LogP contribution in [0.15, 0.2) is 42.5 Å². The van der Waals surface area contributed by atoms with Crippen LogP contribution in [0.2, 0.25) is 0 Å². The lowest BCUT2D eigenvalue weighted by Gasteiger charge is -2.35. The summed E-state index contributed by atoms with van der Waals surface area (Å²) in [6, 6.07) is 12.3. The van der Waals surface area contributed by atoms with E-state index in [1.54, 1.807) is 13.2 Å². The molecule has 164 valence electrons. The van der Waals surface area contributed by atoms with Crippen LogP contribution in [-0.4, -0.2) is 60.6 Å². The molecule has 0 bridgehead atoms. The third-order valence-corrected chi connectivity index (χ3v) is 5.21. The standard InChI is InChI=1S/C21H22F3N5O2/c1-31-16-5-3-15(4-6-16)29-10-8-28(9-11-29)13-19(30)25-14-2-7-17-18(12-14)27-20(26-17)21(22,23)24/h2-7,12H,8-11,13H2,1H3,(H,25,30)(H,26,27). The van der Waals surface area contributed by atoms with Crippen molar-refractivity contribution < 1.29 is 22.7 Å². The van der Waals surface area contributed by atoms with Crippen molar-refractivity contribution in [2.24, 2.45) is 0 Å². The molecule has 2 aromatic carbocycles. The molecule has 3 aromatic rings. The Bertz CT molecular complexity index is 1060. The number of ether oxygens (including phenoxy) is 1. The van der Waals surface area contributed by atoms with Crippen molar-refractivity contribution in [3.8, 4) is 5.75 Å². The van der Waals surface area contributed by atoms with E-state index in [0.717, 1.165) is 37.6 Å². The smallest absolute Gasteiger partial charge is 0.449 e. The van der Waals surface area contributed by atoms with Crippen molar-refractivity contribution in [2.75, 3.05) is 50.1 Å². The lowest BCUT2D eigenvalue weighted by molar-refractivity contribution is -0.144. The van der Waals surface area contributed by atoms with Crippen LogP contribution in [-0.2, 0) is 11.0 Å². The molecule has 0 saturated carbocycles. The number of carbonyl (C=O) groups is 1. The van der Waals surface area contributed by atoms with Crippen molar-refractivity contribution in [1.29, 1.82) is 0 Å². The Balaban J connectivity index is 1.31. The van der Waals surface area contributed by atoms with E-state index in [-0.39, 0.29) is 23.5 Å². The fraction of sp³-hybridized carbons (Fsp3) is 0.333. The predicted octanol–water partition coefficient (Wildman–Crippen LogP) is 3.35. The van der Waals surface area contributed by atoms with Gasteiger partial charge in [0.25, 0.3) is 0 Å².